The Bertz CT molecular complexity index is 570. The van der Waals surface area contributed by atoms with E-state index in [1.54, 1.807) is 12.1 Å². The number of hydrogen-bond acceptors (Lipinski definition) is 1. The average molecular weight is 269 g/mol. The summed E-state index contributed by atoms with van der Waals surface area (Å²) in [6.07, 6.45) is 0. The molecule has 0 radical (unpaired) electrons. The average Bonchev–Trinajstić information content (AvgIpc) is 2.37. The summed E-state index contributed by atoms with van der Waals surface area (Å²) in [5.41, 5.74) is 1.76. The summed E-state index contributed by atoms with van der Waals surface area (Å²) in [6.45, 7) is 1.82. The highest BCUT2D eigenvalue weighted by Gasteiger charge is 2.10. The van der Waals surface area contributed by atoms with E-state index in [1.165, 1.54) is 12.1 Å². The lowest BCUT2D eigenvalue weighted by molar-refractivity contribution is 0.414. The third kappa shape index (κ3) is 2.62. The molecule has 4 heteroatoms. The molecule has 0 aliphatic carbocycles. The first-order valence-corrected chi connectivity index (χ1v) is 5.92. The molecular formula is C14H11ClF2O. The van der Waals surface area contributed by atoms with Gasteiger partial charge in [-0.05, 0) is 36.2 Å². The Labute approximate surface area is 109 Å². The van der Waals surface area contributed by atoms with Gasteiger partial charge in [0.15, 0.2) is 11.6 Å². The standard InChI is InChI=1S/C14H11ClF2O/c1-9-7-10(8-15)5-6-12(9)18-13-4-2-3-11(16)14(13)17/h2-7H,8H2,1H3. The maximum Gasteiger partial charge on any atom is 0.201 e. The molecule has 0 aliphatic heterocycles. The van der Waals surface area contributed by atoms with Crippen molar-refractivity contribution in [3.05, 3.63) is 59.2 Å². The zero-order chi connectivity index (χ0) is 13.1. The van der Waals surface area contributed by atoms with Gasteiger partial charge in [0.1, 0.15) is 5.75 Å². The van der Waals surface area contributed by atoms with Crippen LogP contribution in [0.4, 0.5) is 8.78 Å². The summed E-state index contributed by atoms with van der Waals surface area (Å²) in [4.78, 5) is 0. The minimum absolute atomic E-state index is 0.128. The van der Waals surface area contributed by atoms with Crippen LogP contribution in [-0.4, -0.2) is 0 Å². The second kappa shape index (κ2) is 5.36. The smallest absolute Gasteiger partial charge is 0.201 e. The number of hydrogen-bond donors (Lipinski definition) is 0. The lowest BCUT2D eigenvalue weighted by Gasteiger charge is -2.10. The van der Waals surface area contributed by atoms with Crippen LogP contribution in [0.5, 0.6) is 11.5 Å². The van der Waals surface area contributed by atoms with Gasteiger partial charge >= 0.3 is 0 Å². The van der Waals surface area contributed by atoms with Crippen LogP contribution in [0.2, 0.25) is 0 Å². The van der Waals surface area contributed by atoms with Crippen molar-refractivity contribution in [2.45, 2.75) is 12.8 Å². The van der Waals surface area contributed by atoms with Gasteiger partial charge in [-0.2, -0.15) is 4.39 Å². The predicted molar refractivity (Wildman–Crippen MR) is 67.2 cm³/mol. The summed E-state index contributed by atoms with van der Waals surface area (Å²) >= 11 is 5.71. The molecule has 2 aromatic carbocycles. The highest BCUT2D eigenvalue weighted by atomic mass is 35.5. The van der Waals surface area contributed by atoms with Crippen LogP contribution in [0.1, 0.15) is 11.1 Å². The molecule has 0 spiro atoms. The predicted octanol–water partition coefficient (Wildman–Crippen LogP) is 4.80. The molecule has 0 atom stereocenters. The third-order valence-corrected chi connectivity index (χ3v) is 2.84. The number of aryl methyl sites for hydroxylation is 1. The van der Waals surface area contributed by atoms with Gasteiger partial charge in [-0.25, -0.2) is 4.39 Å². The van der Waals surface area contributed by atoms with Gasteiger partial charge in [0.25, 0.3) is 0 Å². The summed E-state index contributed by atoms with van der Waals surface area (Å²) in [7, 11) is 0. The van der Waals surface area contributed by atoms with Crippen molar-refractivity contribution in [1.29, 1.82) is 0 Å². The molecule has 2 aromatic rings. The lowest BCUT2D eigenvalue weighted by Crippen LogP contribution is -1.93. The van der Waals surface area contributed by atoms with Crippen LogP contribution >= 0.6 is 11.6 Å². The van der Waals surface area contributed by atoms with Gasteiger partial charge in [0.2, 0.25) is 5.82 Å². The Morgan fingerprint density at radius 1 is 1.11 bits per heavy atom. The first kappa shape index (κ1) is 12.8. The van der Waals surface area contributed by atoms with Gasteiger partial charge in [0.05, 0.1) is 0 Å². The van der Waals surface area contributed by atoms with Crippen molar-refractivity contribution in [2.24, 2.45) is 0 Å². The maximum atomic E-state index is 13.4. The van der Waals surface area contributed by atoms with Crippen LogP contribution in [0.3, 0.4) is 0 Å². The molecule has 2 rings (SSSR count). The summed E-state index contributed by atoms with van der Waals surface area (Å²) in [5.74, 6) is -1.17. The summed E-state index contributed by atoms with van der Waals surface area (Å²) in [5, 5.41) is 0. The second-order valence-corrected chi connectivity index (χ2v) is 4.15. The van der Waals surface area contributed by atoms with E-state index in [0.717, 1.165) is 17.2 Å². The Morgan fingerprint density at radius 2 is 1.89 bits per heavy atom. The van der Waals surface area contributed by atoms with E-state index < -0.39 is 11.6 Å². The molecule has 0 fully saturated rings. The molecule has 0 unspecified atom stereocenters. The van der Waals surface area contributed by atoms with Gasteiger partial charge in [0, 0.05) is 5.88 Å². The van der Waals surface area contributed by atoms with E-state index in [2.05, 4.69) is 0 Å². The van der Waals surface area contributed by atoms with Gasteiger partial charge in [-0.3, -0.25) is 0 Å². The number of benzene rings is 2. The van der Waals surface area contributed by atoms with Gasteiger partial charge in [-0.1, -0.05) is 18.2 Å². The Hall–Kier alpha value is -1.61. The molecule has 0 N–H and O–H groups in total. The number of ether oxygens (including phenoxy) is 1. The van der Waals surface area contributed by atoms with Crippen molar-refractivity contribution in [3.63, 3.8) is 0 Å². The monoisotopic (exact) mass is 268 g/mol. The molecule has 0 aromatic heterocycles. The fourth-order valence-electron chi connectivity index (χ4n) is 1.59. The molecule has 0 aliphatic rings. The van der Waals surface area contributed by atoms with Crippen molar-refractivity contribution in [2.75, 3.05) is 0 Å². The molecule has 94 valence electrons. The van der Waals surface area contributed by atoms with E-state index >= 15 is 0 Å². The molecule has 0 saturated carbocycles. The lowest BCUT2D eigenvalue weighted by atomic mass is 10.1. The second-order valence-electron chi connectivity index (χ2n) is 3.89. The Balaban J connectivity index is 2.31. The maximum absolute atomic E-state index is 13.4. The zero-order valence-electron chi connectivity index (χ0n) is 9.71. The van der Waals surface area contributed by atoms with Crippen LogP contribution in [-0.2, 0) is 5.88 Å². The normalized spacial score (nSPS) is 10.4. The van der Waals surface area contributed by atoms with Crippen LogP contribution in [0, 0.1) is 18.6 Å². The molecule has 0 amide bonds. The Kier molecular flexibility index (Phi) is 3.82. The fourth-order valence-corrected chi connectivity index (χ4v) is 1.76. The van der Waals surface area contributed by atoms with Crippen molar-refractivity contribution in [1.82, 2.24) is 0 Å². The highest BCUT2D eigenvalue weighted by Crippen LogP contribution is 2.28. The first-order chi connectivity index (χ1) is 8.61. The first-order valence-electron chi connectivity index (χ1n) is 5.39. The van der Waals surface area contributed by atoms with E-state index in [-0.39, 0.29) is 5.75 Å². The van der Waals surface area contributed by atoms with Crippen molar-refractivity contribution < 1.29 is 13.5 Å². The zero-order valence-corrected chi connectivity index (χ0v) is 10.5. The summed E-state index contributed by atoms with van der Waals surface area (Å²) < 4.78 is 31.8. The van der Waals surface area contributed by atoms with Gasteiger partial charge in [-0.15, -0.1) is 11.6 Å². The van der Waals surface area contributed by atoms with E-state index in [0.29, 0.717) is 11.6 Å². The molecule has 0 bridgehead atoms. The quantitative estimate of drug-likeness (QED) is 0.726. The molecule has 0 heterocycles. The number of alkyl halides is 1. The summed E-state index contributed by atoms with van der Waals surface area (Å²) in [6, 6.07) is 9.15. The topological polar surface area (TPSA) is 9.23 Å². The van der Waals surface area contributed by atoms with Crippen LogP contribution < -0.4 is 4.74 Å². The molecule has 18 heavy (non-hydrogen) atoms. The van der Waals surface area contributed by atoms with Gasteiger partial charge < -0.3 is 4.74 Å². The fraction of sp³-hybridized carbons (Fsp3) is 0.143. The van der Waals surface area contributed by atoms with Crippen LogP contribution in [0.15, 0.2) is 36.4 Å². The van der Waals surface area contributed by atoms with E-state index in [4.69, 9.17) is 16.3 Å². The van der Waals surface area contributed by atoms with Crippen molar-refractivity contribution >= 4 is 11.6 Å². The van der Waals surface area contributed by atoms with E-state index in [1.807, 2.05) is 13.0 Å². The molecular weight excluding hydrogens is 258 g/mol. The molecule has 0 saturated heterocycles. The minimum Gasteiger partial charge on any atom is -0.454 e. The third-order valence-electron chi connectivity index (χ3n) is 2.53. The highest BCUT2D eigenvalue weighted by molar-refractivity contribution is 6.17. The van der Waals surface area contributed by atoms with Crippen molar-refractivity contribution in [3.8, 4) is 11.5 Å². The largest absolute Gasteiger partial charge is 0.454 e. The Morgan fingerprint density at radius 3 is 2.56 bits per heavy atom. The van der Waals surface area contributed by atoms with E-state index in [9.17, 15) is 8.78 Å². The number of rotatable bonds is 3. The molecule has 1 nitrogen and oxygen atoms in total. The SMILES string of the molecule is Cc1cc(CCl)ccc1Oc1cccc(F)c1F. The minimum atomic E-state index is -0.988. The van der Waals surface area contributed by atoms with Crippen LogP contribution in [0.25, 0.3) is 0 Å². The number of halogens is 3.